The van der Waals surface area contributed by atoms with Crippen molar-refractivity contribution in [2.45, 2.75) is 0 Å². The van der Waals surface area contributed by atoms with Gasteiger partial charge in [-0.15, -0.1) is 0 Å². The lowest BCUT2D eigenvalue weighted by atomic mass is 9.91. The molecule has 0 spiro atoms. The van der Waals surface area contributed by atoms with Gasteiger partial charge in [-0.2, -0.15) is 31.6 Å². The summed E-state index contributed by atoms with van der Waals surface area (Å²) in [5.74, 6) is 0. The molecular weight excluding hydrogens is 1590 g/mol. The number of para-hydroxylation sites is 7. The summed E-state index contributed by atoms with van der Waals surface area (Å²) in [6.07, 6.45) is 0. The minimum Gasteiger partial charge on any atom is -0.309 e. The summed E-state index contributed by atoms with van der Waals surface area (Å²) in [7, 11) is 0. The van der Waals surface area contributed by atoms with Crippen molar-refractivity contribution >= 4 is 174 Å². The first-order valence-electron chi connectivity index (χ1n) is 43.1. The van der Waals surface area contributed by atoms with Crippen LogP contribution in [0.5, 0.6) is 0 Å². The fourth-order valence-electron chi connectivity index (χ4n) is 21.9. The first kappa shape index (κ1) is 72.8. The predicted octanol–water partition coefficient (Wildman–Crippen LogP) is 29.1. The number of nitriles is 6. The lowest BCUT2D eigenvalue weighted by Gasteiger charge is -2.19. The molecule has 12 heteroatoms. The SMILES string of the molecule is N#Cc1cc(C#N)c(-n2c3ccccc3c3ccccc32)c(-n2c3ccccc3c3c4cccc(-c5cccc6c5ccc5c6c6cc(-c7cccc(-c8cccc9c8ccc8c9c9c%10ccccc%10ccc9n8-c8cc(C#N)c(-n9c%10ccccc%10c%10ccccc%109)c(C#N)c8)c7)ccc6n5-c5cc(C#N)c(-n6c7ccccc7c7ccccc76)c(C#N)c5)c4ccc32)c1. The normalized spacial score (nSPS) is 11.8. The van der Waals surface area contributed by atoms with E-state index in [0.29, 0.717) is 67.5 Å². The third-order valence-electron chi connectivity index (χ3n) is 27.1. The van der Waals surface area contributed by atoms with Gasteiger partial charge in [0.1, 0.15) is 30.3 Å². The van der Waals surface area contributed by atoms with Gasteiger partial charge in [0.25, 0.3) is 0 Å². The van der Waals surface area contributed by atoms with E-state index in [0.717, 1.165) is 207 Å². The zero-order chi connectivity index (χ0) is 86.4. The van der Waals surface area contributed by atoms with Gasteiger partial charge in [0.15, 0.2) is 0 Å². The largest absolute Gasteiger partial charge is 0.309 e. The number of hydrogen-bond donors (Lipinski definition) is 0. The highest BCUT2D eigenvalue weighted by atomic mass is 15.1. The molecule has 6 aromatic heterocycles. The molecule has 0 radical (unpaired) electrons. The fraction of sp³-hybridized carbons (Fsp3) is 0. The van der Waals surface area contributed by atoms with Crippen molar-refractivity contribution < 1.29 is 0 Å². The van der Waals surface area contributed by atoms with Crippen LogP contribution in [-0.2, 0) is 0 Å². The highest BCUT2D eigenvalue weighted by Crippen LogP contribution is 2.50. The van der Waals surface area contributed by atoms with E-state index in [9.17, 15) is 31.6 Å². The first-order valence-corrected chi connectivity index (χ1v) is 43.1. The molecule has 12 nitrogen and oxygen atoms in total. The molecule has 0 aliphatic rings. The van der Waals surface area contributed by atoms with Crippen LogP contribution in [0, 0.1) is 68.0 Å². The van der Waals surface area contributed by atoms with Gasteiger partial charge in [0.2, 0.25) is 0 Å². The molecular formula is C118H62N12. The lowest BCUT2D eigenvalue weighted by Crippen LogP contribution is -2.07. The summed E-state index contributed by atoms with van der Waals surface area (Å²) in [6, 6.07) is 146. The van der Waals surface area contributed by atoms with Crippen LogP contribution >= 0.6 is 0 Å². The summed E-state index contributed by atoms with van der Waals surface area (Å²) < 4.78 is 13.0. The minimum atomic E-state index is 0.352. The molecule has 0 saturated heterocycles. The maximum Gasteiger partial charge on any atom is 0.101 e. The Morgan fingerprint density at radius 3 is 0.969 bits per heavy atom. The maximum absolute atomic E-state index is 11.6. The molecule has 0 bridgehead atoms. The standard InChI is InChI=1S/C118H62N12/c119-63-69-55-74(64-120)118(130-103-42-14-7-29-92(103)93-30-8-15-43-104(93)130)111(56-69)127-105-44-16-9-31-97(105)112-94-35-19-33-83(86(94)49-53-108(112)127)84-34-20-36-95-87(84)48-52-107-113(95)98-62-72(46-50-106(98)125(107)79-58-75(65-121)116(76(59-79)66-122)128-99-38-10-3-25-88(99)89-26-4-11-39-100(89)128)71-22-17-23-73(57-71)81-32-18-37-96-85(81)47-54-110-115(96)114-82-24-2-1-21-70(82)45-51-109(114)126(110)80-60-77(67-123)117(78(61-80)68-124)129-101-40-12-5-27-90(101)91-28-6-13-41-102(91)129/h1-62H. The van der Waals surface area contributed by atoms with Crippen molar-refractivity contribution in [3.63, 3.8) is 0 Å². The van der Waals surface area contributed by atoms with Gasteiger partial charge in [-0.1, -0.05) is 255 Å². The van der Waals surface area contributed by atoms with Gasteiger partial charge in [-0.25, -0.2) is 0 Å². The van der Waals surface area contributed by atoms with E-state index in [1.807, 2.05) is 109 Å². The summed E-state index contributed by atoms with van der Waals surface area (Å²) in [6.45, 7) is 0. The number of rotatable bonds is 9. The average Bonchev–Trinajstić information content (AvgIpc) is 1.51. The topological polar surface area (TPSA) is 172 Å². The number of hydrogen-bond acceptors (Lipinski definition) is 6. The Kier molecular flexibility index (Phi) is 15.6. The summed E-state index contributed by atoms with van der Waals surface area (Å²) in [5.41, 5.74) is 23.1. The molecule has 0 unspecified atom stereocenters. The Labute approximate surface area is 741 Å². The zero-order valence-corrected chi connectivity index (χ0v) is 69.2. The Bertz CT molecular complexity index is 9710. The number of nitrogens with zero attached hydrogens (tertiary/aromatic N) is 12. The van der Waals surface area contributed by atoms with Gasteiger partial charge < -0.3 is 27.4 Å². The molecule has 130 heavy (non-hydrogen) atoms. The second-order valence-electron chi connectivity index (χ2n) is 33.5. The van der Waals surface area contributed by atoms with Crippen LogP contribution in [0.1, 0.15) is 33.4 Å². The molecule has 0 aliphatic heterocycles. The highest BCUT2D eigenvalue weighted by Gasteiger charge is 2.30. The van der Waals surface area contributed by atoms with E-state index < -0.39 is 0 Å². The van der Waals surface area contributed by atoms with Crippen LogP contribution in [0.4, 0.5) is 0 Å². The molecule has 6 heterocycles. The summed E-state index contributed by atoms with van der Waals surface area (Å²) in [4.78, 5) is 0. The molecule has 0 saturated carbocycles. The second-order valence-corrected chi connectivity index (χ2v) is 33.5. The van der Waals surface area contributed by atoms with Crippen molar-refractivity contribution in [3.05, 3.63) is 409 Å². The second kappa shape index (κ2) is 27.8. The fourth-order valence-corrected chi connectivity index (χ4v) is 21.9. The van der Waals surface area contributed by atoms with Crippen LogP contribution in [-0.4, -0.2) is 27.4 Å². The van der Waals surface area contributed by atoms with E-state index in [1.54, 1.807) is 6.07 Å². The minimum absolute atomic E-state index is 0.352. The molecule has 594 valence electrons. The van der Waals surface area contributed by atoms with E-state index in [1.165, 1.54) is 0 Å². The smallest absolute Gasteiger partial charge is 0.101 e. The molecule has 26 aromatic rings. The van der Waals surface area contributed by atoms with Gasteiger partial charge in [0.05, 0.1) is 128 Å². The number of aromatic nitrogens is 6. The number of fused-ring (bicyclic) bond motifs is 26. The van der Waals surface area contributed by atoms with Gasteiger partial charge in [-0.3, -0.25) is 0 Å². The first-order chi connectivity index (χ1) is 64.3. The Morgan fingerprint density at radius 1 is 0.169 bits per heavy atom. The lowest BCUT2D eigenvalue weighted by molar-refractivity contribution is 1.09. The van der Waals surface area contributed by atoms with Crippen molar-refractivity contribution in [1.29, 1.82) is 31.6 Å². The van der Waals surface area contributed by atoms with Crippen LogP contribution < -0.4 is 0 Å². The third kappa shape index (κ3) is 10.2. The van der Waals surface area contributed by atoms with Crippen LogP contribution in [0.25, 0.3) is 241 Å². The number of benzene rings is 20. The molecule has 0 N–H and O–H groups in total. The van der Waals surface area contributed by atoms with Gasteiger partial charge >= 0.3 is 0 Å². The molecule has 0 atom stereocenters. The van der Waals surface area contributed by atoms with Crippen molar-refractivity contribution in [3.8, 4) is 104 Å². The molecule has 0 amide bonds. The Balaban J connectivity index is 0.660. The summed E-state index contributed by atoms with van der Waals surface area (Å²) >= 11 is 0. The van der Waals surface area contributed by atoms with Crippen molar-refractivity contribution in [1.82, 2.24) is 27.4 Å². The maximum atomic E-state index is 11.6. The highest BCUT2D eigenvalue weighted by molar-refractivity contribution is 6.31. The van der Waals surface area contributed by atoms with Gasteiger partial charge in [-0.05, 0) is 198 Å². The average molecular weight is 1650 g/mol. The van der Waals surface area contributed by atoms with E-state index in [-0.39, 0.29) is 0 Å². The monoisotopic (exact) mass is 1650 g/mol. The Morgan fingerprint density at radius 2 is 0.492 bits per heavy atom. The molecule has 0 fully saturated rings. The van der Waals surface area contributed by atoms with E-state index >= 15 is 0 Å². The van der Waals surface area contributed by atoms with Crippen LogP contribution in [0.3, 0.4) is 0 Å². The molecule has 0 aliphatic carbocycles. The van der Waals surface area contributed by atoms with Crippen LogP contribution in [0.2, 0.25) is 0 Å². The van der Waals surface area contributed by atoms with E-state index in [2.05, 4.69) is 325 Å². The molecule has 20 aromatic carbocycles. The summed E-state index contributed by atoms with van der Waals surface area (Å²) in [5, 5.41) is 88.6. The van der Waals surface area contributed by atoms with Gasteiger partial charge in [0, 0.05) is 76.0 Å². The van der Waals surface area contributed by atoms with Crippen LogP contribution in [0.15, 0.2) is 376 Å². The zero-order valence-electron chi connectivity index (χ0n) is 69.2. The van der Waals surface area contributed by atoms with Crippen molar-refractivity contribution in [2.24, 2.45) is 0 Å². The van der Waals surface area contributed by atoms with E-state index in [4.69, 9.17) is 0 Å². The predicted molar refractivity (Wildman–Crippen MR) is 527 cm³/mol. The third-order valence-corrected chi connectivity index (χ3v) is 27.1. The quantitative estimate of drug-likeness (QED) is 0.139. The molecule has 26 rings (SSSR count). The Hall–Kier alpha value is -18.8. The van der Waals surface area contributed by atoms with Crippen molar-refractivity contribution in [2.75, 3.05) is 0 Å².